The molecule has 2 fully saturated rings. The SMILES string of the molecule is CCC(CC)(c1ccc(C#CC2(O[Si](C)(C)C)CCCCCC2)c(C)c1)c1ccc(B2OC(C)(C)C(C)(C)O2)c(C)c1. The molecule has 1 saturated heterocycles. The van der Waals surface area contributed by atoms with Crippen LogP contribution in [0, 0.1) is 25.7 Å². The largest absolute Gasteiger partial charge is 0.495 e. The van der Waals surface area contributed by atoms with Crippen LogP contribution >= 0.6 is 0 Å². The zero-order valence-electron chi connectivity index (χ0n) is 28.4. The lowest BCUT2D eigenvalue weighted by Gasteiger charge is -2.35. The molecule has 4 rings (SSSR count). The third-order valence-corrected chi connectivity index (χ3v) is 11.2. The summed E-state index contributed by atoms with van der Waals surface area (Å²) in [5, 5.41) is 0. The molecule has 1 heterocycles. The van der Waals surface area contributed by atoms with Crippen molar-refractivity contribution in [2.75, 3.05) is 0 Å². The first kappa shape index (κ1) is 33.1. The minimum Gasteiger partial charge on any atom is -0.402 e. The van der Waals surface area contributed by atoms with Gasteiger partial charge in [0.05, 0.1) is 11.2 Å². The maximum absolute atomic E-state index is 6.81. The van der Waals surface area contributed by atoms with Crippen LogP contribution in [-0.2, 0) is 19.1 Å². The van der Waals surface area contributed by atoms with Gasteiger partial charge in [-0.2, -0.15) is 0 Å². The van der Waals surface area contributed by atoms with E-state index in [0.29, 0.717) is 0 Å². The standard InChI is InChI=1S/C37H55BO3Si/c1-12-37(13-2,32-20-21-33(29(4)27-32)38-39-34(5,6)35(7,8)40-38)31-19-18-30(28(3)26-31)22-25-36(41-42(9,10)11)23-16-14-15-17-24-36/h18-21,26-27H,12-17,23-24H2,1-11H3. The maximum Gasteiger partial charge on any atom is 0.495 e. The number of benzene rings is 2. The second-order valence-electron chi connectivity index (χ2n) is 14.9. The van der Waals surface area contributed by atoms with E-state index in [0.717, 1.165) is 36.7 Å². The molecule has 228 valence electrons. The molecule has 2 aromatic carbocycles. The molecule has 0 radical (unpaired) electrons. The highest BCUT2D eigenvalue weighted by atomic mass is 28.4. The van der Waals surface area contributed by atoms with Crippen LogP contribution in [0.2, 0.25) is 19.6 Å². The number of rotatable bonds is 7. The minimum absolute atomic E-state index is 0.0700. The fourth-order valence-corrected chi connectivity index (χ4v) is 8.29. The summed E-state index contributed by atoms with van der Waals surface area (Å²) in [5.41, 5.74) is 6.35. The van der Waals surface area contributed by atoms with Crippen molar-refractivity contribution < 1.29 is 13.7 Å². The Labute approximate surface area is 258 Å². The highest BCUT2D eigenvalue weighted by Gasteiger charge is 2.52. The summed E-state index contributed by atoms with van der Waals surface area (Å²) in [6, 6.07) is 13.8. The average Bonchev–Trinajstić information content (AvgIpc) is 3.02. The molecule has 0 aromatic heterocycles. The molecule has 0 bridgehead atoms. The Morgan fingerprint density at radius 1 is 0.810 bits per heavy atom. The summed E-state index contributed by atoms with van der Waals surface area (Å²) < 4.78 is 19.6. The van der Waals surface area contributed by atoms with Gasteiger partial charge in [-0.1, -0.05) is 74.4 Å². The van der Waals surface area contributed by atoms with Crippen LogP contribution in [-0.4, -0.2) is 32.2 Å². The van der Waals surface area contributed by atoms with Crippen molar-refractivity contribution >= 4 is 20.9 Å². The van der Waals surface area contributed by atoms with Crippen molar-refractivity contribution in [3.63, 3.8) is 0 Å². The highest BCUT2D eigenvalue weighted by Crippen LogP contribution is 2.41. The fourth-order valence-electron chi connectivity index (χ4n) is 6.86. The van der Waals surface area contributed by atoms with Gasteiger partial charge in [0, 0.05) is 11.0 Å². The third-order valence-electron chi connectivity index (χ3n) is 10.2. The first-order chi connectivity index (χ1) is 19.6. The van der Waals surface area contributed by atoms with Gasteiger partial charge in [-0.15, -0.1) is 0 Å². The van der Waals surface area contributed by atoms with Crippen LogP contribution in [0.5, 0.6) is 0 Å². The predicted molar refractivity (Wildman–Crippen MR) is 181 cm³/mol. The van der Waals surface area contributed by atoms with E-state index < -0.39 is 8.32 Å². The van der Waals surface area contributed by atoms with Gasteiger partial charge >= 0.3 is 7.12 Å². The summed E-state index contributed by atoms with van der Waals surface area (Å²) in [4.78, 5) is 0. The molecular weight excluding hydrogens is 531 g/mol. The van der Waals surface area contributed by atoms with E-state index in [1.165, 1.54) is 47.9 Å². The van der Waals surface area contributed by atoms with Crippen LogP contribution in [0.4, 0.5) is 0 Å². The molecule has 2 aliphatic rings. The summed E-state index contributed by atoms with van der Waals surface area (Å²) >= 11 is 0. The van der Waals surface area contributed by atoms with Crippen molar-refractivity contribution in [2.45, 2.75) is 149 Å². The van der Waals surface area contributed by atoms with Gasteiger partial charge in [0.15, 0.2) is 8.32 Å². The Hall–Kier alpha value is -1.84. The molecule has 0 unspecified atom stereocenters. The van der Waals surface area contributed by atoms with Gasteiger partial charge in [-0.05, 0) is 128 Å². The Morgan fingerprint density at radius 2 is 1.33 bits per heavy atom. The van der Waals surface area contributed by atoms with Crippen LogP contribution in [0.15, 0.2) is 36.4 Å². The minimum atomic E-state index is -1.72. The molecule has 0 amide bonds. The lowest BCUT2D eigenvalue weighted by molar-refractivity contribution is 0.00578. The van der Waals surface area contributed by atoms with Gasteiger partial charge in [-0.25, -0.2) is 0 Å². The van der Waals surface area contributed by atoms with Gasteiger partial charge < -0.3 is 13.7 Å². The second-order valence-corrected chi connectivity index (χ2v) is 19.3. The van der Waals surface area contributed by atoms with Crippen molar-refractivity contribution in [3.05, 3.63) is 64.2 Å². The van der Waals surface area contributed by atoms with Crippen molar-refractivity contribution in [3.8, 4) is 11.8 Å². The molecule has 42 heavy (non-hydrogen) atoms. The fraction of sp³-hybridized carbons (Fsp3) is 0.622. The molecule has 2 aromatic rings. The summed E-state index contributed by atoms with van der Waals surface area (Å²) in [7, 11) is -2.07. The van der Waals surface area contributed by atoms with E-state index in [1.807, 2.05) is 0 Å². The quantitative estimate of drug-likeness (QED) is 0.184. The third kappa shape index (κ3) is 6.78. The normalized spacial score (nSPS) is 20.1. The summed E-state index contributed by atoms with van der Waals surface area (Å²) in [6.07, 6.45) is 9.15. The number of aryl methyl sites for hydroxylation is 2. The lowest BCUT2D eigenvalue weighted by atomic mass is 9.68. The highest BCUT2D eigenvalue weighted by molar-refractivity contribution is 6.69. The van der Waals surface area contributed by atoms with Crippen molar-refractivity contribution in [1.29, 1.82) is 0 Å². The number of hydrogen-bond acceptors (Lipinski definition) is 3. The van der Waals surface area contributed by atoms with E-state index in [9.17, 15) is 0 Å². The first-order valence-corrected chi connectivity index (χ1v) is 19.8. The maximum atomic E-state index is 6.81. The summed E-state index contributed by atoms with van der Waals surface area (Å²) in [5.74, 6) is 7.31. The smallest absolute Gasteiger partial charge is 0.402 e. The molecule has 5 heteroatoms. The zero-order valence-corrected chi connectivity index (χ0v) is 29.4. The van der Waals surface area contributed by atoms with E-state index in [2.05, 4.69) is 123 Å². The van der Waals surface area contributed by atoms with Gasteiger partial charge in [0.2, 0.25) is 0 Å². The van der Waals surface area contributed by atoms with Crippen molar-refractivity contribution in [2.24, 2.45) is 0 Å². The Kier molecular flexibility index (Phi) is 9.66. The first-order valence-electron chi connectivity index (χ1n) is 16.4. The Morgan fingerprint density at radius 3 is 1.81 bits per heavy atom. The van der Waals surface area contributed by atoms with Crippen LogP contribution in [0.3, 0.4) is 0 Å². The van der Waals surface area contributed by atoms with E-state index >= 15 is 0 Å². The topological polar surface area (TPSA) is 27.7 Å². The van der Waals surface area contributed by atoms with E-state index in [4.69, 9.17) is 13.7 Å². The van der Waals surface area contributed by atoms with E-state index in [-0.39, 0.29) is 29.3 Å². The second kappa shape index (κ2) is 12.3. The van der Waals surface area contributed by atoms with E-state index in [1.54, 1.807) is 0 Å². The molecule has 3 nitrogen and oxygen atoms in total. The van der Waals surface area contributed by atoms with Gasteiger partial charge in [0.25, 0.3) is 0 Å². The van der Waals surface area contributed by atoms with Gasteiger partial charge in [0.1, 0.15) is 5.60 Å². The predicted octanol–water partition coefficient (Wildman–Crippen LogP) is 9.00. The molecule has 1 aliphatic heterocycles. The van der Waals surface area contributed by atoms with Crippen molar-refractivity contribution in [1.82, 2.24) is 0 Å². The Bertz CT molecular complexity index is 1300. The molecular formula is C37H55BO3Si. The Balaban J connectivity index is 1.66. The molecule has 0 spiro atoms. The monoisotopic (exact) mass is 586 g/mol. The average molecular weight is 587 g/mol. The number of hydrogen-bond donors (Lipinski definition) is 0. The molecule has 0 N–H and O–H groups in total. The van der Waals surface area contributed by atoms with Gasteiger partial charge in [-0.3, -0.25) is 0 Å². The van der Waals surface area contributed by atoms with Crippen LogP contribution in [0.1, 0.15) is 121 Å². The summed E-state index contributed by atoms with van der Waals surface area (Å²) in [6.45, 7) is 24.4. The molecule has 0 atom stereocenters. The molecule has 1 aliphatic carbocycles. The van der Waals surface area contributed by atoms with Crippen LogP contribution < -0.4 is 5.46 Å². The molecule has 1 saturated carbocycles. The zero-order chi connectivity index (χ0) is 31.0. The van der Waals surface area contributed by atoms with Crippen LogP contribution in [0.25, 0.3) is 0 Å². The lowest BCUT2D eigenvalue weighted by Crippen LogP contribution is -2.41.